The molecule has 0 unspecified atom stereocenters. The zero-order valence-electron chi connectivity index (χ0n) is 9.76. The van der Waals surface area contributed by atoms with E-state index in [4.69, 9.17) is 17.3 Å². The number of nitrogens with two attached hydrogens (primary N) is 1. The summed E-state index contributed by atoms with van der Waals surface area (Å²) in [5.41, 5.74) is 9.24. The highest BCUT2D eigenvalue weighted by Gasteiger charge is 2.13. The van der Waals surface area contributed by atoms with Crippen molar-refractivity contribution in [3.05, 3.63) is 45.4 Å². The van der Waals surface area contributed by atoms with Gasteiger partial charge in [-0.05, 0) is 18.2 Å². The minimum atomic E-state index is -0.128. The van der Waals surface area contributed by atoms with E-state index in [2.05, 4.69) is 4.98 Å². The number of nitrogens with zero attached hydrogens (tertiary/aromatic N) is 2. The van der Waals surface area contributed by atoms with Crippen LogP contribution in [0.15, 0.2) is 29.1 Å². The predicted octanol–water partition coefficient (Wildman–Crippen LogP) is 2.65. The van der Waals surface area contributed by atoms with Gasteiger partial charge >= 0.3 is 0 Å². The summed E-state index contributed by atoms with van der Waals surface area (Å²) >= 11 is 7.38. The third-order valence-corrected chi connectivity index (χ3v) is 3.25. The Morgan fingerprint density at radius 1 is 1.50 bits per heavy atom. The number of hydrogen-bond donors (Lipinski definition) is 1. The van der Waals surface area contributed by atoms with Crippen LogP contribution in [-0.4, -0.2) is 22.8 Å². The van der Waals surface area contributed by atoms with Crippen LogP contribution < -0.4 is 5.73 Å². The van der Waals surface area contributed by atoms with Gasteiger partial charge in [-0.2, -0.15) is 0 Å². The van der Waals surface area contributed by atoms with E-state index in [1.807, 2.05) is 5.38 Å². The van der Waals surface area contributed by atoms with Crippen molar-refractivity contribution < 1.29 is 4.79 Å². The summed E-state index contributed by atoms with van der Waals surface area (Å²) in [6.45, 7) is 0.467. The number of anilines is 1. The van der Waals surface area contributed by atoms with Crippen molar-refractivity contribution in [3.8, 4) is 0 Å². The first-order valence-corrected chi connectivity index (χ1v) is 6.57. The number of amides is 1. The van der Waals surface area contributed by atoms with Crippen molar-refractivity contribution in [2.45, 2.75) is 6.54 Å². The van der Waals surface area contributed by atoms with E-state index in [0.717, 1.165) is 5.69 Å². The molecule has 18 heavy (non-hydrogen) atoms. The summed E-state index contributed by atoms with van der Waals surface area (Å²) < 4.78 is 0. The molecule has 1 aromatic heterocycles. The summed E-state index contributed by atoms with van der Waals surface area (Å²) in [6, 6.07) is 4.84. The fourth-order valence-corrected chi connectivity index (χ4v) is 2.38. The topological polar surface area (TPSA) is 59.2 Å². The number of carbonyl (C=O) groups is 1. The second kappa shape index (κ2) is 5.37. The van der Waals surface area contributed by atoms with Gasteiger partial charge in [0.1, 0.15) is 0 Å². The molecule has 1 heterocycles. The highest BCUT2D eigenvalue weighted by atomic mass is 35.5. The van der Waals surface area contributed by atoms with Gasteiger partial charge in [-0.1, -0.05) is 11.6 Å². The molecule has 0 fully saturated rings. The molecular weight excluding hydrogens is 270 g/mol. The lowest BCUT2D eigenvalue weighted by molar-refractivity contribution is 0.0783. The van der Waals surface area contributed by atoms with Crippen LogP contribution in [0.25, 0.3) is 0 Å². The van der Waals surface area contributed by atoms with Crippen LogP contribution in [0.2, 0.25) is 5.02 Å². The molecule has 2 N–H and O–H groups in total. The van der Waals surface area contributed by atoms with E-state index < -0.39 is 0 Å². The van der Waals surface area contributed by atoms with Crippen molar-refractivity contribution >= 4 is 34.5 Å². The average Bonchev–Trinajstić information content (AvgIpc) is 2.79. The van der Waals surface area contributed by atoms with Gasteiger partial charge in [-0.25, -0.2) is 4.98 Å². The summed E-state index contributed by atoms with van der Waals surface area (Å²) in [5, 5.41) is 2.37. The summed E-state index contributed by atoms with van der Waals surface area (Å²) in [5.74, 6) is -0.128. The molecule has 2 rings (SSSR count). The molecule has 6 heteroatoms. The highest BCUT2D eigenvalue weighted by molar-refractivity contribution is 7.07. The second-order valence-electron chi connectivity index (χ2n) is 3.91. The lowest BCUT2D eigenvalue weighted by Crippen LogP contribution is -2.26. The van der Waals surface area contributed by atoms with Crippen LogP contribution in [0, 0.1) is 0 Å². The lowest BCUT2D eigenvalue weighted by Gasteiger charge is -2.16. The summed E-state index contributed by atoms with van der Waals surface area (Å²) in [4.78, 5) is 17.9. The Balaban J connectivity index is 2.15. The molecule has 0 aliphatic heterocycles. The van der Waals surface area contributed by atoms with E-state index >= 15 is 0 Å². The summed E-state index contributed by atoms with van der Waals surface area (Å²) in [7, 11) is 1.72. The molecule has 0 bridgehead atoms. The quantitative estimate of drug-likeness (QED) is 0.880. The van der Waals surface area contributed by atoms with Crippen molar-refractivity contribution in [3.63, 3.8) is 0 Å². The largest absolute Gasteiger partial charge is 0.399 e. The molecule has 0 radical (unpaired) electrons. The normalized spacial score (nSPS) is 10.3. The number of benzene rings is 1. The second-order valence-corrected chi connectivity index (χ2v) is 5.07. The van der Waals surface area contributed by atoms with Gasteiger partial charge < -0.3 is 10.6 Å². The van der Waals surface area contributed by atoms with Crippen LogP contribution in [-0.2, 0) is 6.54 Å². The van der Waals surface area contributed by atoms with Crippen molar-refractivity contribution in [2.24, 2.45) is 0 Å². The molecule has 1 aromatic carbocycles. The molecule has 2 aromatic rings. The first kappa shape index (κ1) is 12.9. The molecule has 0 saturated heterocycles. The number of halogens is 1. The minimum Gasteiger partial charge on any atom is -0.399 e. The van der Waals surface area contributed by atoms with Crippen molar-refractivity contribution in [2.75, 3.05) is 12.8 Å². The Bertz CT molecular complexity index is 536. The number of nitrogen functional groups attached to an aromatic ring is 1. The lowest BCUT2D eigenvalue weighted by atomic mass is 10.2. The van der Waals surface area contributed by atoms with E-state index in [0.29, 0.717) is 22.8 Å². The summed E-state index contributed by atoms with van der Waals surface area (Å²) in [6.07, 6.45) is 0. The van der Waals surface area contributed by atoms with Gasteiger partial charge in [0.15, 0.2) is 0 Å². The van der Waals surface area contributed by atoms with Gasteiger partial charge in [0.2, 0.25) is 0 Å². The zero-order chi connectivity index (χ0) is 13.1. The first-order valence-electron chi connectivity index (χ1n) is 5.25. The van der Waals surface area contributed by atoms with Crippen LogP contribution in [0.1, 0.15) is 16.1 Å². The van der Waals surface area contributed by atoms with Gasteiger partial charge in [-0.15, -0.1) is 11.3 Å². The molecule has 0 aliphatic carbocycles. The number of rotatable bonds is 3. The fourth-order valence-electron chi connectivity index (χ4n) is 1.59. The maximum absolute atomic E-state index is 12.2. The fraction of sp³-hybridized carbons (Fsp3) is 0.167. The Hall–Kier alpha value is -1.59. The van der Waals surface area contributed by atoms with Gasteiger partial charge in [0.25, 0.3) is 5.91 Å². The van der Waals surface area contributed by atoms with Gasteiger partial charge in [0, 0.05) is 28.7 Å². The first-order chi connectivity index (χ1) is 8.56. The Labute approximate surface area is 114 Å². The van der Waals surface area contributed by atoms with E-state index in [1.165, 1.54) is 11.3 Å². The third-order valence-electron chi connectivity index (χ3n) is 2.40. The molecule has 0 aliphatic rings. The molecule has 0 atom stereocenters. The highest BCUT2D eigenvalue weighted by Crippen LogP contribution is 2.18. The SMILES string of the molecule is CN(Cc1cscn1)C(=O)c1cc(N)cc(Cl)c1. The molecule has 0 spiro atoms. The Kier molecular flexibility index (Phi) is 3.84. The monoisotopic (exact) mass is 281 g/mol. The van der Waals surface area contributed by atoms with Gasteiger partial charge in [-0.3, -0.25) is 4.79 Å². The maximum Gasteiger partial charge on any atom is 0.254 e. The van der Waals surface area contributed by atoms with E-state index in [-0.39, 0.29) is 5.91 Å². The molecular formula is C12H12ClN3OS. The van der Waals surface area contributed by atoms with E-state index in [1.54, 1.807) is 35.7 Å². The number of carbonyl (C=O) groups excluding carboxylic acids is 1. The van der Waals surface area contributed by atoms with Crippen LogP contribution in [0.3, 0.4) is 0 Å². The molecule has 4 nitrogen and oxygen atoms in total. The third kappa shape index (κ3) is 3.00. The zero-order valence-corrected chi connectivity index (χ0v) is 11.3. The standard InChI is InChI=1S/C12H12ClN3OS/c1-16(5-11-6-18-7-15-11)12(17)8-2-9(13)4-10(14)3-8/h2-4,6-7H,5,14H2,1H3. The van der Waals surface area contributed by atoms with Crippen molar-refractivity contribution in [1.82, 2.24) is 9.88 Å². The predicted molar refractivity (Wildman–Crippen MR) is 73.8 cm³/mol. The smallest absolute Gasteiger partial charge is 0.254 e. The number of aromatic nitrogens is 1. The van der Waals surface area contributed by atoms with Crippen LogP contribution in [0.5, 0.6) is 0 Å². The Morgan fingerprint density at radius 3 is 2.89 bits per heavy atom. The van der Waals surface area contributed by atoms with Crippen LogP contribution in [0.4, 0.5) is 5.69 Å². The number of hydrogen-bond acceptors (Lipinski definition) is 4. The molecule has 94 valence electrons. The van der Waals surface area contributed by atoms with E-state index in [9.17, 15) is 4.79 Å². The molecule has 0 saturated carbocycles. The maximum atomic E-state index is 12.2. The molecule has 1 amide bonds. The Morgan fingerprint density at radius 2 is 2.28 bits per heavy atom. The van der Waals surface area contributed by atoms with Crippen molar-refractivity contribution in [1.29, 1.82) is 0 Å². The average molecular weight is 282 g/mol. The number of thiazole rings is 1. The van der Waals surface area contributed by atoms with Crippen LogP contribution >= 0.6 is 22.9 Å². The van der Waals surface area contributed by atoms with Gasteiger partial charge in [0.05, 0.1) is 17.7 Å². The minimum absolute atomic E-state index is 0.128.